The Hall–Kier alpha value is -2.27. The van der Waals surface area contributed by atoms with E-state index < -0.39 is 0 Å². The molecule has 23 heavy (non-hydrogen) atoms. The molecule has 1 heterocycles. The first-order valence-corrected chi connectivity index (χ1v) is 7.89. The van der Waals surface area contributed by atoms with Crippen LogP contribution in [-0.2, 0) is 11.3 Å². The molecule has 0 spiro atoms. The molecule has 0 saturated carbocycles. The van der Waals surface area contributed by atoms with Crippen LogP contribution in [0.3, 0.4) is 0 Å². The number of aliphatic imine (C=N–C) groups is 1. The smallest absolute Gasteiger partial charge is 0.194 e. The topological polar surface area (TPSA) is 46.1 Å². The van der Waals surface area contributed by atoms with Crippen LogP contribution in [0.5, 0.6) is 5.75 Å². The average Bonchev–Trinajstić information content (AvgIpc) is 3.04. The molecule has 0 saturated heterocycles. The van der Waals surface area contributed by atoms with Crippen molar-refractivity contribution in [3.05, 3.63) is 42.0 Å². The summed E-state index contributed by atoms with van der Waals surface area (Å²) in [7, 11) is 3.42. The number of benzene rings is 2. The molecule has 1 N–H and O–H groups in total. The third-order valence-electron chi connectivity index (χ3n) is 4.06. The minimum Gasteiger partial charge on any atom is -0.497 e. The Balaban J connectivity index is 1.65. The van der Waals surface area contributed by atoms with Gasteiger partial charge in [0.25, 0.3) is 0 Å². The largest absolute Gasteiger partial charge is 0.497 e. The van der Waals surface area contributed by atoms with Gasteiger partial charge in [0.05, 0.1) is 20.3 Å². The molecule has 1 aliphatic rings. The lowest BCUT2D eigenvalue weighted by Crippen LogP contribution is -2.39. The average molecular weight is 313 g/mol. The SMILES string of the molecule is COCCN1CCN=C1NCc1ccc2cc(OC)ccc2c1. The Morgan fingerprint density at radius 2 is 1.96 bits per heavy atom. The molecule has 5 nitrogen and oxygen atoms in total. The number of ether oxygens (including phenoxy) is 2. The zero-order valence-corrected chi connectivity index (χ0v) is 13.7. The molecule has 3 rings (SSSR count). The summed E-state index contributed by atoms with van der Waals surface area (Å²) in [6, 6.07) is 12.6. The molecule has 0 unspecified atom stereocenters. The molecule has 0 bridgehead atoms. The van der Waals surface area contributed by atoms with Crippen LogP contribution in [0.2, 0.25) is 0 Å². The van der Waals surface area contributed by atoms with Crippen LogP contribution in [-0.4, -0.2) is 51.3 Å². The van der Waals surface area contributed by atoms with Gasteiger partial charge in [-0.15, -0.1) is 0 Å². The molecular weight excluding hydrogens is 290 g/mol. The molecule has 2 aromatic rings. The number of hydrogen-bond acceptors (Lipinski definition) is 5. The third-order valence-corrected chi connectivity index (χ3v) is 4.06. The van der Waals surface area contributed by atoms with Crippen molar-refractivity contribution < 1.29 is 9.47 Å². The van der Waals surface area contributed by atoms with Crippen molar-refractivity contribution in [1.82, 2.24) is 10.2 Å². The maximum absolute atomic E-state index is 5.27. The van der Waals surface area contributed by atoms with E-state index in [0.717, 1.165) is 44.5 Å². The normalized spacial score (nSPS) is 14.2. The first-order valence-electron chi connectivity index (χ1n) is 7.89. The molecule has 5 heteroatoms. The fourth-order valence-corrected chi connectivity index (χ4v) is 2.76. The van der Waals surface area contributed by atoms with Crippen molar-refractivity contribution in [1.29, 1.82) is 0 Å². The second-order valence-corrected chi connectivity index (χ2v) is 5.59. The lowest BCUT2D eigenvalue weighted by molar-refractivity contribution is 0.178. The van der Waals surface area contributed by atoms with E-state index in [1.807, 2.05) is 6.07 Å². The molecule has 1 aliphatic heterocycles. The highest BCUT2D eigenvalue weighted by Gasteiger charge is 2.15. The highest BCUT2D eigenvalue weighted by atomic mass is 16.5. The van der Waals surface area contributed by atoms with Crippen molar-refractivity contribution in [3.8, 4) is 5.75 Å². The van der Waals surface area contributed by atoms with Crippen molar-refractivity contribution in [2.75, 3.05) is 40.5 Å². The lowest BCUT2D eigenvalue weighted by Gasteiger charge is -2.20. The summed E-state index contributed by atoms with van der Waals surface area (Å²) in [5.41, 5.74) is 1.24. The summed E-state index contributed by atoms with van der Waals surface area (Å²) in [4.78, 5) is 6.76. The summed E-state index contributed by atoms with van der Waals surface area (Å²) >= 11 is 0. The highest BCUT2D eigenvalue weighted by molar-refractivity contribution is 5.85. The van der Waals surface area contributed by atoms with Crippen LogP contribution in [0.1, 0.15) is 5.56 Å². The molecule has 0 aliphatic carbocycles. The molecule has 0 fully saturated rings. The van der Waals surface area contributed by atoms with Gasteiger partial charge in [-0.2, -0.15) is 0 Å². The minimum atomic E-state index is 0.721. The molecule has 0 amide bonds. The Morgan fingerprint density at radius 3 is 2.78 bits per heavy atom. The molecule has 0 aromatic heterocycles. The summed E-state index contributed by atoms with van der Waals surface area (Å²) in [5, 5.41) is 5.85. The second kappa shape index (κ2) is 7.33. The summed E-state index contributed by atoms with van der Waals surface area (Å²) in [5.74, 6) is 1.86. The number of rotatable bonds is 6. The van der Waals surface area contributed by atoms with Crippen LogP contribution < -0.4 is 10.1 Å². The molecule has 2 aromatic carbocycles. The van der Waals surface area contributed by atoms with Crippen LogP contribution in [0, 0.1) is 0 Å². The molecular formula is C18H23N3O2. The number of hydrogen-bond donors (Lipinski definition) is 1. The fraction of sp³-hybridized carbons (Fsp3) is 0.389. The highest BCUT2D eigenvalue weighted by Crippen LogP contribution is 2.21. The van der Waals surface area contributed by atoms with Gasteiger partial charge in [0.15, 0.2) is 5.96 Å². The summed E-state index contributed by atoms with van der Waals surface area (Å²) < 4.78 is 10.4. The predicted molar refractivity (Wildman–Crippen MR) is 93.1 cm³/mol. The number of methoxy groups -OCH3 is 2. The van der Waals surface area contributed by atoms with Crippen LogP contribution >= 0.6 is 0 Å². The first-order chi connectivity index (χ1) is 11.3. The van der Waals surface area contributed by atoms with E-state index in [1.165, 1.54) is 16.3 Å². The van der Waals surface area contributed by atoms with E-state index in [-0.39, 0.29) is 0 Å². The number of guanidine groups is 1. The van der Waals surface area contributed by atoms with E-state index >= 15 is 0 Å². The van der Waals surface area contributed by atoms with Crippen molar-refractivity contribution >= 4 is 16.7 Å². The number of nitrogens with one attached hydrogen (secondary N) is 1. The van der Waals surface area contributed by atoms with Gasteiger partial charge < -0.3 is 19.7 Å². The van der Waals surface area contributed by atoms with E-state index in [1.54, 1.807) is 14.2 Å². The van der Waals surface area contributed by atoms with Crippen molar-refractivity contribution in [2.24, 2.45) is 4.99 Å². The summed E-state index contributed by atoms with van der Waals surface area (Å²) in [6.07, 6.45) is 0. The quantitative estimate of drug-likeness (QED) is 0.888. The Bertz CT molecular complexity index is 700. The van der Waals surface area contributed by atoms with Crippen LogP contribution in [0.25, 0.3) is 10.8 Å². The Kier molecular flexibility index (Phi) is 4.98. The van der Waals surface area contributed by atoms with Gasteiger partial charge in [0, 0.05) is 26.7 Å². The molecule has 122 valence electrons. The van der Waals surface area contributed by atoms with Gasteiger partial charge in [-0.3, -0.25) is 4.99 Å². The fourth-order valence-electron chi connectivity index (χ4n) is 2.76. The van der Waals surface area contributed by atoms with Crippen LogP contribution in [0.4, 0.5) is 0 Å². The third kappa shape index (κ3) is 3.74. The minimum absolute atomic E-state index is 0.721. The van der Waals surface area contributed by atoms with Gasteiger partial charge in [-0.1, -0.05) is 18.2 Å². The summed E-state index contributed by atoms with van der Waals surface area (Å²) in [6.45, 7) is 4.18. The van der Waals surface area contributed by atoms with E-state index in [9.17, 15) is 0 Å². The zero-order valence-electron chi connectivity index (χ0n) is 13.7. The van der Waals surface area contributed by atoms with Gasteiger partial charge in [-0.05, 0) is 34.5 Å². The van der Waals surface area contributed by atoms with Gasteiger partial charge in [0.2, 0.25) is 0 Å². The standard InChI is InChI=1S/C18H23N3O2/c1-22-10-9-21-8-7-19-18(21)20-13-14-3-4-16-12-17(23-2)6-5-15(16)11-14/h3-6,11-12H,7-10,13H2,1-2H3,(H,19,20). The van der Waals surface area contributed by atoms with E-state index in [0.29, 0.717) is 0 Å². The van der Waals surface area contributed by atoms with E-state index in [4.69, 9.17) is 9.47 Å². The predicted octanol–water partition coefficient (Wildman–Crippen LogP) is 2.26. The Morgan fingerprint density at radius 1 is 1.13 bits per heavy atom. The van der Waals surface area contributed by atoms with Crippen molar-refractivity contribution in [3.63, 3.8) is 0 Å². The maximum Gasteiger partial charge on any atom is 0.194 e. The lowest BCUT2D eigenvalue weighted by atomic mass is 10.1. The van der Waals surface area contributed by atoms with Gasteiger partial charge >= 0.3 is 0 Å². The maximum atomic E-state index is 5.27. The number of fused-ring (bicyclic) bond motifs is 1. The van der Waals surface area contributed by atoms with Gasteiger partial charge in [-0.25, -0.2) is 0 Å². The van der Waals surface area contributed by atoms with Crippen LogP contribution in [0.15, 0.2) is 41.4 Å². The number of nitrogens with zero attached hydrogens (tertiary/aromatic N) is 2. The second-order valence-electron chi connectivity index (χ2n) is 5.59. The monoisotopic (exact) mass is 313 g/mol. The van der Waals surface area contributed by atoms with E-state index in [2.05, 4.69) is 45.5 Å². The molecule has 0 atom stereocenters. The first kappa shape index (κ1) is 15.6. The Labute approximate surface area is 136 Å². The van der Waals surface area contributed by atoms with Gasteiger partial charge in [0.1, 0.15) is 5.75 Å². The zero-order chi connectivity index (χ0) is 16.1. The molecule has 0 radical (unpaired) electrons. The van der Waals surface area contributed by atoms with Crippen molar-refractivity contribution in [2.45, 2.75) is 6.54 Å².